The van der Waals surface area contributed by atoms with E-state index in [0.29, 0.717) is 49.6 Å². The Kier molecular flexibility index (Phi) is 7.60. The van der Waals surface area contributed by atoms with Crippen LogP contribution in [0.2, 0.25) is 0 Å². The van der Waals surface area contributed by atoms with Crippen LogP contribution in [0.3, 0.4) is 0 Å². The van der Waals surface area contributed by atoms with Crippen LogP contribution in [0.25, 0.3) is 11.3 Å². The molecule has 0 bridgehead atoms. The fourth-order valence-electron chi connectivity index (χ4n) is 3.78. The summed E-state index contributed by atoms with van der Waals surface area (Å²) >= 11 is 0. The molecule has 0 aliphatic carbocycles. The van der Waals surface area contributed by atoms with Crippen LogP contribution in [0.4, 0.5) is 4.39 Å². The van der Waals surface area contributed by atoms with E-state index in [9.17, 15) is 14.0 Å². The number of halogens is 1. The van der Waals surface area contributed by atoms with Crippen molar-refractivity contribution in [3.63, 3.8) is 0 Å². The number of amides is 2. The first-order valence-electron chi connectivity index (χ1n) is 10.7. The van der Waals surface area contributed by atoms with Crippen molar-refractivity contribution < 1.29 is 18.4 Å². The van der Waals surface area contributed by atoms with Crippen LogP contribution in [-0.4, -0.2) is 53.3 Å². The maximum absolute atomic E-state index is 13.9. The monoisotopic (exact) mass is 415 g/mol. The van der Waals surface area contributed by atoms with Gasteiger partial charge >= 0.3 is 0 Å². The van der Waals surface area contributed by atoms with E-state index in [0.717, 1.165) is 19.4 Å². The number of aromatic nitrogens is 1. The second-order valence-electron chi connectivity index (χ2n) is 7.87. The molecule has 1 aromatic carbocycles. The molecule has 1 aliphatic rings. The van der Waals surface area contributed by atoms with Crippen molar-refractivity contribution in [2.24, 2.45) is 5.92 Å². The molecule has 0 saturated carbocycles. The lowest BCUT2D eigenvalue weighted by molar-refractivity contribution is -0.139. The van der Waals surface area contributed by atoms with Crippen LogP contribution in [0.15, 0.2) is 34.9 Å². The van der Waals surface area contributed by atoms with Crippen molar-refractivity contribution in [2.75, 3.05) is 26.7 Å². The fourth-order valence-corrected chi connectivity index (χ4v) is 3.78. The molecule has 7 heteroatoms. The number of hydrogen-bond acceptors (Lipinski definition) is 4. The van der Waals surface area contributed by atoms with Gasteiger partial charge < -0.3 is 14.2 Å². The summed E-state index contributed by atoms with van der Waals surface area (Å²) in [6, 6.07) is 6.36. The van der Waals surface area contributed by atoms with E-state index in [1.165, 1.54) is 12.3 Å². The first-order valence-corrected chi connectivity index (χ1v) is 10.7. The van der Waals surface area contributed by atoms with Crippen LogP contribution < -0.4 is 0 Å². The molecule has 0 spiro atoms. The predicted octanol–water partition coefficient (Wildman–Crippen LogP) is 3.91. The second kappa shape index (κ2) is 10.4. The van der Waals surface area contributed by atoms with E-state index in [-0.39, 0.29) is 30.0 Å². The lowest BCUT2D eigenvalue weighted by atomic mass is 9.95. The number of piperidine rings is 1. The molecule has 0 unspecified atom stereocenters. The Morgan fingerprint density at radius 2 is 2.00 bits per heavy atom. The van der Waals surface area contributed by atoms with E-state index in [2.05, 4.69) is 11.9 Å². The third kappa shape index (κ3) is 5.46. The molecule has 0 atom stereocenters. The number of hydrogen-bond donors (Lipinski definition) is 0. The summed E-state index contributed by atoms with van der Waals surface area (Å²) in [7, 11) is 1.86. The minimum absolute atomic E-state index is 0.00553. The summed E-state index contributed by atoms with van der Waals surface area (Å²) in [5.41, 5.74) is 0.359. The zero-order valence-electron chi connectivity index (χ0n) is 17.8. The van der Waals surface area contributed by atoms with Gasteiger partial charge in [0.05, 0.1) is 11.8 Å². The molecule has 6 nitrogen and oxygen atoms in total. The minimum Gasteiger partial charge on any atom is -0.441 e. The summed E-state index contributed by atoms with van der Waals surface area (Å²) in [6.45, 7) is 4.10. The molecule has 1 saturated heterocycles. The van der Waals surface area contributed by atoms with Crippen molar-refractivity contribution in [3.8, 4) is 11.3 Å². The summed E-state index contributed by atoms with van der Waals surface area (Å²) in [4.78, 5) is 32.9. The third-order valence-electron chi connectivity index (χ3n) is 5.67. The molecule has 2 aromatic rings. The van der Waals surface area contributed by atoms with Crippen molar-refractivity contribution in [1.29, 1.82) is 0 Å². The Labute approximate surface area is 177 Å². The Bertz CT molecular complexity index is 859. The van der Waals surface area contributed by atoms with Gasteiger partial charge in [-0.05, 0) is 31.4 Å². The van der Waals surface area contributed by atoms with Crippen molar-refractivity contribution in [3.05, 3.63) is 42.2 Å². The van der Waals surface area contributed by atoms with Gasteiger partial charge in [-0.3, -0.25) is 9.59 Å². The molecule has 30 heavy (non-hydrogen) atoms. The van der Waals surface area contributed by atoms with E-state index in [1.807, 2.05) is 16.8 Å². The summed E-state index contributed by atoms with van der Waals surface area (Å²) in [6.07, 6.45) is 5.63. The number of aryl methyl sites for hydroxylation is 1. The number of oxazole rings is 1. The van der Waals surface area contributed by atoms with Gasteiger partial charge in [0.15, 0.2) is 11.7 Å². The van der Waals surface area contributed by atoms with Crippen molar-refractivity contribution in [2.45, 2.75) is 45.4 Å². The lowest BCUT2D eigenvalue weighted by Crippen LogP contribution is -2.43. The van der Waals surface area contributed by atoms with Gasteiger partial charge in [0, 0.05) is 45.4 Å². The largest absolute Gasteiger partial charge is 0.441 e. The van der Waals surface area contributed by atoms with Gasteiger partial charge in [-0.2, -0.15) is 0 Å². The normalized spacial score (nSPS) is 14.7. The maximum Gasteiger partial charge on any atom is 0.225 e. The standard InChI is InChI=1S/C23H30FN3O3/c1-3-4-13-26(2)23(29)17-11-14-27(15-12-17)22(28)10-9-21-25-16-20(30-21)18-7-5-6-8-19(18)24/h5-8,16-17H,3-4,9-15H2,1-2H3. The Balaban J connectivity index is 1.46. The number of likely N-dealkylation sites (tertiary alicyclic amines) is 1. The van der Waals surface area contributed by atoms with E-state index in [4.69, 9.17) is 4.42 Å². The number of carbonyl (C=O) groups is 2. The number of nitrogens with zero attached hydrogens (tertiary/aromatic N) is 3. The van der Waals surface area contributed by atoms with Crippen LogP contribution in [-0.2, 0) is 16.0 Å². The molecule has 1 aliphatic heterocycles. The molecule has 1 aromatic heterocycles. The van der Waals surface area contributed by atoms with Crippen LogP contribution in [0.5, 0.6) is 0 Å². The maximum atomic E-state index is 13.9. The average Bonchev–Trinajstić information content (AvgIpc) is 3.24. The van der Waals surface area contributed by atoms with Crippen molar-refractivity contribution in [1.82, 2.24) is 14.8 Å². The van der Waals surface area contributed by atoms with E-state index >= 15 is 0 Å². The molecule has 162 valence electrons. The van der Waals surface area contributed by atoms with E-state index < -0.39 is 0 Å². The number of rotatable bonds is 8. The highest BCUT2D eigenvalue weighted by Crippen LogP contribution is 2.24. The molecular formula is C23H30FN3O3. The van der Waals surface area contributed by atoms with Gasteiger partial charge in [-0.1, -0.05) is 25.5 Å². The minimum atomic E-state index is -0.367. The van der Waals surface area contributed by atoms with Gasteiger partial charge in [0.25, 0.3) is 0 Å². The zero-order chi connectivity index (χ0) is 21.5. The number of unbranched alkanes of at least 4 members (excludes halogenated alkanes) is 1. The average molecular weight is 416 g/mol. The van der Waals surface area contributed by atoms with Gasteiger partial charge in [0.1, 0.15) is 5.82 Å². The van der Waals surface area contributed by atoms with Crippen LogP contribution in [0.1, 0.15) is 44.9 Å². The highest BCUT2D eigenvalue weighted by atomic mass is 19.1. The van der Waals surface area contributed by atoms with Crippen LogP contribution >= 0.6 is 0 Å². The lowest BCUT2D eigenvalue weighted by Gasteiger charge is -2.33. The highest BCUT2D eigenvalue weighted by Gasteiger charge is 2.29. The third-order valence-corrected chi connectivity index (χ3v) is 5.67. The molecule has 3 rings (SSSR count). The van der Waals surface area contributed by atoms with Crippen molar-refractivity contribution >= 4 is 11.8 Å². The van der Waals surface area contributed by atoms with Crippen LogP contribution in [0, 0.1) is 11.7 Å². The molecular weight excluding hydrogens is 385 g/mol. The smallest absolute Gasteiger partial charge is 0.225 e. The predicted molar refractivity (Wildman–Crippen MR) is 112 cm³/mol. The first-order chi connectivity index (χ1) is 14.5. The zero-order valence-corrected chi connectivity index (χ0v) is 17.8. The number of benzene rings is 1. The fraction of sp³-hybridized carbons (Fsp3) is 0.522. The highest BCUT2D eigenvalue weighted by molar-refractivity contribution is 5.80. The molecule has 0 radical (unpaired) electrons. The molecule has 2 amide bonds. The Hall–Kier alpha value is -2.70. The molecule has 0 N–H and O–H groups in total. The molecule has 1 fully saturated rings. The SMILES string of the molecule is CCCCN(C)C(=O)C1CCN(C(=O)CCc2ncc(-c3ccccc3F)o2)CC1. The topological polar surface area (TPSA) is 66.7 Å². The van der Waals surface area contributed by atoms with Gasteiger partial charge in [0.2, 0.25) is 11.8 Å². The summed E-state index contributed by atoms with van der Waals surface area (Å²) in [5.74, 6) is 0.646. The van der Waals surface area contributed by atoms with Gasteiger partial charge in [-0.25, -0.2) is 9.37 Å². The Morgan fingerprint density at radius 1 is 1.27 bits per heavy atom. The summed E-state index contributed by atoms with van der Waals surface area (Å²) < 4.78 is 19.5. The first kappa shape index (κ1) is 22.0. The second-order valence-corrected chi connectivity index (χ2v) is 7.87. The van der Waals surface area contributed by atoms with Gasteiger partial charge in [-0.15, -0.1) is 0 Å². The molecule has 2 heterocycles. The quantitative estimate of drug-likeness (QED) is 0.656. The Morgan fingerprint density at radius 3 is 2.70 bits per heavy atom. The van der Waals surface area contributed by atoms with E-state index in [1.54, 1.807) is 18.2 Å². The summed E-state index contributed by atoms with van der Waals surface area (Å²) in [5, 5.41) is 0. The number of carbonyl (C=O) groups excluding carboxylic acids is 2.